The van der Waals surface area contributed by atoms with Crippen molar-refractivity contribution in [3.63, 3.8) is 0 Å². The van der Waals surface area contributed by atoms with Crippen molar-refractivity contribution >= 4 is 44.9 Å². The molecular formula is C16H14BrN3O3. The topological polar surface area (TPSA) is 79.5 Å². The highest BCUT2D eigenvalue weighted by atomic mass is 79.9. The molecule has 0 saturated heterocycles. The molecule has 1 heterocycles. The zero-order valence-corrected chi connectivity index (χ0v) is 13.9. The van der Waals surface area contributed by atoms with E-state index >= 15 is 0 Å². The molecule has 2 aromatic rings. The minimum Gasteiger partial charge on any atom is -0.479 e. The fourth-order valence-electron chi connectivity index (χ4n) is 2.17. The molecule has 118 valence electrons. The first-order chi connectivity index (χ1) is 11.0. The first-order valence-electron chi connectivity index (χ1n) is 6.93. The lowest BCUT2D eigenvalue weighted by Crippen LogP contribution is -2.27. The summed E-state index contributed by atoms with van der Waals surface area (Å²) >= 11 is 3.43. The number of fused-ring (bicyclic) bond motifs is 1. The zero-order valence-electron chi connectivity index (χ0n) is 12.3. The van der Waals surface area contributed by atoms with E-state index in [1.807, 2.05) is 25.1 Å². The molecule has 0 spiro atoms. The van der Waals surface area contributed by atoms with E-state index in [1.165, 1.54) is 0 Å². The van der Waals surface area contributed by atoms with Crippen LogP contribution in [0.4, 0.5) is 21.9 Å². The van der Waals surface area contributed by atoms with Gasteiger partial charge in [-0.15, -0.1) is 0 Å². The molecule has 0 saturated carbocycles. The molecule has 3 rings (SSSR count). The van der Waals surface area contributed by atoms with Crippen molar-refractivity contribution in [3.05, 3.63) is 46.4 Å². The van der Waals surface area contributed by atoms with Crippen LogP contribution in [0.25, 0.3) is 0 Å². The van der Waals surface area contributed by atoms with Crippen LogP contribution in [0.15, 0.2) is 40.9 Å². The second-order valence-corrected chi connectivity index (χ2v) is 5.92. The zero-order chi connectivity index (χ0) is 16.4. The summed E-state index contributed by atoms with van der Waals surface area (Å²) in [7, 11) is 0. The van der Waals surface area contributed by atoms with Gasteiger partial charge in [-0.2, -0.15) is 0 Å². The normalized spacial score (nSPS) is 12.7. The van der Waals surface area contributed by atoms with Crippen LogP contribution in [0.1, 0.15) is 5.56 Å². The van der Waals surface area contributed by atoms with Crippen LogP contribution in [0.3, 0.4) is 0 Å². The van der Waals surface area contributed by atoms with Gasteiger partial charge in [0, 0.05) is 10.2 Å². The molecule has 1 aliphatic heterocycles. The highest BCUT2D eigenvalue weighted by Gasteiger charge is 2.19. The van der Waals surface area contributed by atoms with E-state index in [-0.39, 0.29) is 12.5 Å². The molecule has 23 heavy (non-hydrogen) atoms. The SMILES string of the molecule is Cc1ccc(NC(=O)Nc2cccc3c2OCC(=O)N3)cc1Br. The molecule has 0 aromatic heterocycles. The number of amides is 3. The van der Waals surface area contributed by atoms with Gasteiger partial charge in [-0.1, -0.05) is 28.1 Å². The molecule has 0 aliphatic carbocycles. The summed E-state index contributed by atoms with van der Waals surface area (Å²) in [5.41, 5.74) is 2.78. The maximum Gasteiger partial charge on any atom is 0.323 e. The lowest BCUT2D eigenvalue weighted by molar-refractivity contribution is -0.118. The summed E-state index contributed by atoms with van der Waals surface area (Å²) in [6.07, 6.45) is 0. The quantitative estimate of drug-likeness (QED) is 0.747. The van der Waals surface area contributed by atoms with Gasteiger partial charge in [0.05, 0.1) is 11.4 Å². The molecule has 6 nitrogen and oxygen atoms in total. The Morgan fingerprint density at radius 1 is 1.26 bits per heavy atom. The van der Waals surface area contributed by atoms with Crippen LogP contribution in [-0.2, 0) is 4.79 Å². The Bertz CT molecular complexity index is 792. The third-order valence-corrected chi connectivity index (χ3v) is 4.17. The number of rotatable bonds is 2. The second-order valence-electron chi connectivity index (χ2n) is 5.06. The number of halogens is 1. The minimum absolute atomic E-state index is 0.0712. The largest absolute Gasteiger partial charge is 0.479 e. The van der Waals surface area contributed by atoms with Gasteiger partial charge in [0.15, 0.2) is 12.4 Å². The van der Waals surface area contributed by atoms with Crippen molar-refractivity contribution in [1.82, 2.24) is 0 Å². The summed E-state index contributed by atoms with van der Waals surface area (Å²) in [6.45, 7) is 1.90. The number of urea groups is 1. The maximum atomic E-state index is 12.1. The predicted molar refractivity (Wildman–Crippen MR) is 92.1 cm³/mol. The highest BCUT2D eigenvalue weighted by Crippen LogP contribution is 2.35. The molecule has 0 radical (unpaired) electrons. The Morgan fingerprint density at radius 2 is 2.09 bits per heavy atom. The summed E-state index contributed by atoms with van der Waals surface area (Å²) in [4.78, 5) is 23.5. The maximum absolute atomic E-state index is 12.1. The number of hydrogen-bond donors (Lipinski definition) is 3. The smallest absolute Gasteiger partial charge is 0.323 e. The van der Waals surface area contributed by atoms with Gasteiger partial charge in [-0.05, 0) is 36.8 Å². The molecule has 3 amide bonds. The molecule has 0 fully saturated rings. The third kappa shape index (κ3) is 3.45. The van der Waals surface area contributed by atoms with Crippen LogP contribution in [0.5, 0.6) is 5.75 Å². The van der Waals surface area contributed by atoms with Crippen LogP contribution in [-0.4, -0.2) is 18.5 Å². The van der Waals surface area contributed by atoms with E-state index in [4.69, 9.17) is 4.74 Å². The highest BCUT2D eigenvalue weighted by molar-refractivity contribution is 9.10. The van der Waals surface area contributed by atoms with Crippen molar-refractivity contribution in [2.75, 3.05) is 22.6 Å². The van der Waals surface area contributed by atoms with Crippen molar-refractivity contribution < 1.29 is 14.3 Å². The number of hydrogen-bond acceptors (Lipinski definition) is 3. The lowest BCUT2D eigenvalue weighted by Gasteiger charge is -2.20. The van der Waals surface area contributed by atoms with Crippen molar-refractivity contribution in [3.8, 4) is 5.75 Å². The van der Waals surface area contributed by atoms with Crippen LogP contribution >= 0.6 is 15.9 Å². The summed E-state index contributed by atoms with van der Waals surface area (Å²) < 4.78 is 6.31. The van der Waals surface area contributed by atoms with Gasteiger partial charge in [0.25, 0.3) is 5.91 Å². The molecule has 0 atom stereocenters. The van der Waals surface area contributed by atoms with Crippen LogP contribution in [0.2, 0.25) is 0 Å². The fraction of sp³-hybridized carbons (Fsp3) is 0.125. The third-order valence-electron chi connectivity index (χ3n) is 3.31. The van der Waals surface area contributed by atoms with Gasteiger partial charge in [-0.25, -0.2) is 4.79 Å². The van der Waals surface area contributed by atoms with E-state index in [9.17, 15) is 9.59 Å². The van der Waals surface area contributed by atoms with E-state index < -0.39 is 6.03 Å². The first kappa shape index (κ1) is 15.4. The van der Waals surface area contributed by atoms with Gasteiger partial charge in [0.2, 0.25) is 0 Å². The molecule has 7 heteroatoms. The van der Waals surface area contributed by atoms with Gasteiger partial charge >= 0.3 is 6.03 Å². The molecule has 0 unspecified atom stereocenters. The molecule has 3 N–H and O–H groups in total. The van der Waals surface area contributed by atoms with Crippen LogP contribution in [0, 0.1) is 6.92 Å². The second kappa shape index (κ2) is 6.29. The number of carbonyl (C=O) groups is 2. The first-order valence-corrected chi connectivity index (χ1v) is 7.72. The fourth-order valence-corrected chi connectivity index (χ4v) is 2.55. The molecular weight excluding hydrogens is 362 g/mol. The minimum atomic E-state index is -0.394. The monoisotopic (exact) mass is 375 g/mol. The van der Waals surface area contributed by atoms with Crippen LogP contribution < -0.4 is 20.7 Å². The Labute approximate surface area is 141 Å². The summed E-state index contributed by atoms with van der Waals surface area (Å²) in [5, 5.41) is 8.17. The predicted octanol–water partition coefficient (Wildman–Crippen LogP) is 3.73. The van der Waals surface area contributed by atoms with Crippen molar-refractivity contribution in [1.29, 1.82) is 0 Å². The van der Waals surface area contributed by atoms with Gasteiger partial charge in [-0.3, -0.25) is 4.79 Å². The lowest BCUT2D eigenvalue weighted by atomic mass is 10.2. The van der Waals surface area contributed by atoms with Crippen molar-refractivity contribution in [2.24, 2.45) is 0 Å². The van der Waals surface area contributed by atoms with E-state index in [0.717, 1.165) is 10.0 Å². The van der Waals surface area contributed by atoms with E-state index in [1.54, 1.807) is 18.2 Å². The van der Waals surface area contributed by atoms with Gasteiger partial charge < -0.3 is 20.7 Å². The van der Waals surface area contributed by atoms with E-state index in [2.05, 4.69) is 31.9 Å². The molecule has 1 aliphatic rings. The molecule has 2 aromatic carbocycles. The van der Waals surface area contributed by atoms with Gasteiger partial charge in [0.1, 0.15) is 0 Å². The molecule has 0 bridgehead atoms. The van der Waals surface area contributed by atoms with E-state index in [0.29, 0.717) is 22.8 Å². The average Bonchev–Trinajstić information content (AvgIpc) is 2.51. The Kier molecular flexibility index (Phi) is 4.20. The number of benzene rings is 2. The number of ether oxygens (including phenoxy) is 1. The Hall–Kier alpha value is -2.54. The summed E-state index contributed by atoms with van der Waals surface area (Å²) in [6, 6.07) is 10.3. The summed E-state index contributed by atoms with van der Waals surface area (Å²) in [5.74, 6) is 0.232. The Balaban J connectivity index is 1.74. The number of carbonyl (C=O) groups excluding carboxylic acids is 2. The number of nitrogens with one attached hydrogen (secondary N) is 3. The standard InChI is InChI=1S/C16H14BrN3O3/c1-9-5-6-10(7-11(9)17)18-16(22)20-13-4-2-3-12-15(13)23-8-14(21)19-12/h2-7H,8H2,1H3,(H,19,21)(H2,18,20,22). The van der Waals surface area contributed by atoms with Crippen molar-refractivity contribution in [2.45, 2.75) is 6.92 Å². The number of para-hydroxylation sites is 1. The Morgan fingerprint density at radius 3 is 2.87 bits per heavy atom. The average molecular weight is 376 g/mol. The number of anilines is 3. The number of aryl methyl sites for hydroxylation is 1.